The third-order valence-corrected chi connectivity index (χ3v) is 6.91. The highest BCUT2D eigenvalue weighted by Gasteiger charge is 2.27. The lowest BCUT2D eigenvalue weighted by atomic mass is 9.97. The van der Waals surface area contributed by atoms with E-state index in [4.69, 9.17) is 0 Å². The van der Waals surface area contributed by atoms with E-state index < -0.39 is 62.6 Å². The van der Waals surface area contributed by atoms with Gasteiger partial charge in [-0.2, -0.15) is 13.5 Å². The normalized spacial score (nSPS) is 11.8. The first-order valence-electron chi connectivity index (χ1n) is 11.3. The van der Waals surface area contributed by atoms with Crippen molar-refractivity contribution in [3.8, 4) is 22.3 Å². The number of hydrogen-bond donors (Lipinski definition) is 0. The maximum absolute atomic E-state index is 14.3. The van der Waals surface area contributed by atoms with Crippen LogP contribution in [0.2, 0.25) is 0 Å². The predicted molar refractivity (Wildman–Crippen MR) is 134 cm³/mol. The fourth-order valence-electron chi connectivity index (χ4n) is 3.68. The van der Waals surface area contributed by atoms with Gasteiger partial charge in [0.1, 0.15) is 12.2 Å². The molecule has 0 fully saturated rings. The summed E-state index contributed by atoms with van der Waals surface area (Å²) in [4.78, 5) is 14.7. The van der Waals surface area contributed by atoms with Crippen molar-refractivity contribution >= 4 is 16.4 Å². The van der Waals surface area contributed by atoms with Crippen LogP contribution in [0.4, 0.5) is 26.3 Å². The van der Waals surface area contributed by atoms with Crippen molar-refractivity contribution in [2.75, 3.05) is 14.1 Å². The van der Waals surface area contributed by atoms with E-state index in [0.717, 1.165) is 24.7 Å². The van der Waals surface area contributed by atoms with Crippen LogP contribution >= 0.6 is 0 Å². The van der Waals surface area contributed by atoms with E-state index in [1.807, 2.05) is 0 Å². The average molecular weight is 581 g/mol. The molecule has 4 aromatic rings. The van der Waals surface area contributed by atoms with Crippen LogP contribution in [0.25, 0.3) is 22.3 Å². The molecule has 3 aromatic carbocycles. The van der Waals surface area contributed by atoms with Crippen LogP contribution < -0.4 is 5.56 Å². The van der Waals surface area contributed by atoms with Crippen molar-refractivity contribution in [2.45, 2.75) is 11.4 Å². The van der Waals surface area contributed by atoms with Crippen LogP contribution in [-0.2, 0) is 16.6 Å². The van der Waals surface area contributed by atoms with E-state index >= 15 is 0 Å². The van der Waals surface area contributed by atoms with Gasteiger partial charge in [0.05, 0.1) is 28.8 Å². The molecular formula is C26H18F6N4O3S. The number of nitrogens with zero attached hydrogens (tertiary/aromatic N) is 4. The van der Waals surface area contributed by atoms with Crippen molar-refractivity contribution in [1.29, 1.82) is 0 Å². The second-order valence-corrected chi connectivity index (χ2v) is 10.3. The Kier molecular flexibility index (Phi) is 7.82. The second kappa shape index (κ2) is 11.0. The SMILES string of the molecule is CN(C)C=NS(=O)(=O)c1ccc(-c2cnn(Cc3c(F)c(F)c(F)c(F)c3F)c(=O)c2-c2ccc(F)cc2)cc1. The van der Waals surface area contributed by atoms with Gasteiger partial charge in [-0.15, -0.1) is 4.40 Å². The first-order chi connectivity index (χ1) is 18.8. The number of aromatic nitrogens is 2. The topological polar surface area (TPSA) is 84.6 Å². The lowest BCUT2D eigenvalue weighted by Gasteiger charge is -2.14. The highest BCUT2D eigenvalue weighted by molar-refractivity contribution is 7.90. The molecule has 0 saturated heterocycles. The second-order valence-electron chi connectivity index (χ2n) is 8.64. The zero-order valence-electron chi connectivity index (χ0n) is 20.7. The monoisotopic (exact) mass is 580 g/mol. The molecule has 0 aliphatic heterocycles. The molecule has 0 unspecified atom stereocenters. The molecule has 0 N–H and O–H groups in total. The smallest absolute Gasteiger partial charge is 0.283 e. The molecule has 0 radical (unpaired) electrons. The highest BCUT2D eigenvalue weighted by atomic mass is 32.2. The van der Waals surface area contributed by atoms with Crippen molar-refractivity contribution in [2.24, 2.45) is 4.40 Å². The molecule has 0 aliphatic rings. The zero-order chi connectivity index (χ0) is 29.4. The van der Waals surface area contributed by atoms with Gasteiger partial charge in [-0.1, -0.05) is 24.3 Å². The van der Waals surface area contributed by atoms with Crippen molar-refractivity contribution in [1.82, 2.24) is 14.7 Å². The maximum atomic E-state index is 14.3. The molecule has 0 atom stereocenters. The zero-order valence-corrected chi connectivity index (χ0v) is 21.5. The summed E-state index contributed by atoms with van der Waals surface area (Å²) in [6, 6.07) is 9.75. The molecule has 14 heteroatoms. The molecule has 0 spiro atoms. The van der Waals surface area contributed by atoms with Gasteiger partial charge in [-0.3, -0.25) is 4.79 Å². The maximum Gasteiger partial charge on any atom is 0.283 e. The van der Waals surface area contributed by atoms with Gasteiger partial charge in [-0.25, -0.2) is 31.0 Å². The van der Waals surface area contributed by atoms with E-state index in [1.54, 1.807) is 14.1 Å². The molecule has 40 heavy (non-hydrogen) atoms. The first-order valence-corrected chi connectivity index (χ1v) is 12.7. The lowest BCUT2D eigenvalue weighted by Crippen LogP contribution is -2.27. The van der Waals surface area contributed by atoms with Crippen LogP contribution in [-0.4, -0.2) is 43.5 Å². The van der Waals surface area contributed by atoms with E-state index in [9.17, 15) is 39.6 Å². The Bertz CT molecular complexity index is 1760. The molecule has 208 valence electrons. The quantitative estimate of drug-likeness (QED) is 0.104. The highest BCUT2D eigenvalue weighted by Crippen LogP contribution is 2.30. The Morgan fingerprint density at radius 1 is 0.825 bits per heavy atom. The standard InChI is InChI=1S/C26H18F6N4O3S/c1-35(2)13-34-40(38,39)17-9-5-14(6-10-17)18-11-33-36(26(37)20(18)15-3-7-16(27)8-4-15)12-19-21(28)23(30)25(32)24(31)22(19)29/h3-11,13H,12H2,1-2H3. The molecule has 0 amide bonds. The summed E-state index contributed by atoms with van der Waals surface area (Å²) in [5, 5.41) is 3.85. The van der Waals surface area contributed by atoms with E-state index in [2.05, 4.69) is 9.50 Å². The fraction of sp³-hybridized carbons (Fsp3) is 0.115. The number of rotatable bonds is 7. The number of halogens is 6. The van der Waals surface area contributed by atoms with Crippen molar-refractivity contribution < 1.29 is 34.8 Å². The third-order valence-electron chi connectivity index (χ3n) is 5.67. The van der Waals surface area contributed by atoms with Crippen LogP contribution in [0.1, 0.15) is 5.56 Å². The number of benzene rings is 3. The third kappa shape index (κ3) is 5.47. The van der Waals surface area contributed by atoms with Gasteiger partial charge in [0.2, 0.25) is 5.82 Å². The van der Waals surface area contributed by atoms with Gasteiger partial charge in [-0.05, 0) is 35.4 Å². The summed E-state index contributed by atoms with van der Waals surface area (Å²) in [6.45, 7) is -1.11. The molecule has 1 heterocycles. The minimum Gasteiger partial charge on any atom is -0.368 e. The Morgan fingerprint density at radius 2 is 1.35 bits per heavy atom. The van der Waals surface area contributed by atoms with Gasteiger partial charge in [0.15, 0.2) is 23.3 Å². The minimum absolute atomic E-state index is 0.117. The van der Waals surface area contributed by atoms with Crippen LogP contribution in [0.3, 0.4) is 0 Å². The van der Waals surface area contributed by atoms with Gasteiger partial charge < -0.3 is 4.90 Å². The summed E-state index contributed by atoms with van der Waals surface area (Å²) in [5.74, 6) is -11.6. The summed E-state index contributed by atoms with van der Waals surface area (Å²) < 4.78 is 112. The van der Waals surface area contributed by atoms with E-state index in [1.165, 1.54) is 41.3 Å². The lowest BCUT2D eigenvalue weighted by molar-refractivity contribution is 0.366. The fourth-order valence-corrected chi connectivity index (χ4v) is 4.59. The molecule has 0 aliphatic carbocycles. The molecule has 4 rings (SSSR count). The minimum atomic E-state index is -4.04. The largest absolute Gasteiger partial charge is 0.368 e. The average Bonchev–Trinajstić information content (AvgIpc) is 2.93. The molecule has 1 aromatic heterocycles. The Balaban J connectivity index is 1.86. The Hall–Kier alpha value is -4.46. The van der Waals surface area contributed by atoms with Crippen molar-refractivity contribution in [3.05, 3.63) is 106 Å². The van der Waals surface area contributed by atoms with E-state index in [-0.39, 0.29) is 27.1 Å². The van der Waals surface area contributed by atoms with Gasteiger partial charge in [0.25, 0.3) is 15.6 Å². The molecule has 0 bridgehead atoms. The van der Waals surface area contributed by atoms with E-state index in [0.29, 0.717) is 4.68 Å². The number of sulfonamides is 1. The summed E-state index contributed by atoms with van der Waals surface area (Å²) >= 11 is 0. The molecule has 0 saturated carbocycles. The van der Waals surface area contributed by atoms with Crippen LogP contribution in [0.15, 0.2) is 68.8 Å². The van der Waals surface area contributed by atoms with Crippen molar-refractivity contribution in [3.63, 3.8) is 0 Å². The Morgan fingerprint density at radius 3 is 1.90 bits per heavy atom. The first kappa shape index (κ1) is 28.5. The van der Waals surface area contributed by atoms with Crippen LogP contribution in [0, 0.1) is 34.9 Å². The predicted octanol–water partition coefficient (Wildman–Crippen LogP) is 4.74. The summed E-state index contributed by atoms with van der Waals surface area (Å²) in [6.07, 6.45) is 2.20. The Labute approximate surface area is 223 Å². The summed E-state index contributed by atoms with van der Waals surface area (Å²) in [5.41, 5.74) is -1.90. The summed E-state index contributed by atoms with van der Waals surface area (Å²) in [7, 11) is -0.877. The number of hydrogen-bond acceptors (Lipinski definition) is 4. The molecular weight excluding hydrogens is 562 g/mol. The molecule has 7 nitrogen and oxygen atoms in total. The van der Waals surface area contributed by atoms with Gasteiger partial charge >= 0.3 is 0 Å². The van der Waals surface area contributed by atoms with Gasteiger partial charge in [0, 0.05) is 19.7 Å². The van der Waals surface area contributed by atoms with Crippen LogP contribution in [0.5, 0.6) is 0 Å².